The summed E-state index contributed by atoms with van der Waals surface area (Å²) in [6.45, 7) is 2.94. The Kier molecular flexibility index (Phi) is 13.6. The number of phenols is 2. The van der Waals surface area contributed by atoms with Gasteiger partial charge in [-0.25, -0.2) is 4.99 Å². The number of hydrogen-bond donors (Lipinski definition) is 5. The second-order valence-electron chi connectivity index (χ2n) is 24.7. The third kappa shape index (κ3) is 9.22. The summed E-state index contributed by atoms with van der Waals surface area (Å²) in [6.07, 6.45) is 27.1. The maximum atomic E-state index is 14.9. The Morgan fingerprint density at radius 2 is 1.76 bits per heavy atom. The highest BCUT2D eigenvalue weighted by Gasteiger charge is 2.50. The summed E-state index contributed by atoms with van der Waals surface area (Å²) >= 11 is 0. The molecule has 0 aromatic heterocycles. The summed E-state index contributed by atoms with van der Waals surface area (Å²) in [7, 11) is 1.81. The topological polar surface area (TPSA) is 147 Å². The van der Waals surface area contributed by atoms with Gasteiger partial charge in [-0.3, -0.25) is 4.79 Å². The first kappa shape index (κ1) is 49.6. The molecule has 12 rings (SSSR count). The van der Waals surface area contributed by atoms with E-state index < -0.39 is 0 Å². The number of aliphatic hydroxyl groups is 1. The first-order valence-electron chi connectivity index (χ1n) is 28.8. The molecule has 1 heterocycles. The van der Waals surface area contributed by atoms with Crippen LogP contribution in [0.25, 0.3) is 0 Å². The minimum atomic E-state index is -0.364. The number of hydrogen-bond acceptors (Lipinski definition) is 9. The van der Waals surface area contributed by atoms with Crippen molar-refractivity contribution >= 4 is 11.7 Å². The van der Waals surface area contributed by atoms with Crippen LogP contribution in [0.15, 0.2) is 89.0 Å². The number of aliphatic imine (C=N–C) groups is 1. The smallest absolute Gasteiger partial charge is 0.189 e. The van der Waals surface area contributed by atoms with E-state index in [1.807, 2.05) is 12.1 Å². The number of nitrogens with one attached hydrogen (secondary N) is 1. The highest BCUT2D eigenvalue weighted by Crippen LogP contribution is 2.61. The van der Waals surface area contributed by atoms with E-state index in [0.717, 1.165) is 130 Å². The van der Waals surface area contributed by atoms with Gasteiger partial charge in [0.1, 0.15) is 5.75 Å². The second kappa shape index (κ2) is 20.3. The van der Waals surface area contributed by atoms with Crippen molar-refractivity contribution in [2.45, 2.75) is 171 Å². The number of rotatable bonds is 6. The predicted octanol–water partition coefficient (Wildman–Crippen LogP) is 12.1. The van der Waals surface area contributed by atoms with E-state index in [9.17, 15) is 20.1 Å². The van der Waals surface area contributed by atoms with Gasteiger partial charge in [0.25, 0.3) is 0 Å². The molecule has 11 atom stereocenters. The number of fused-ring (bicyclic) bond motifs is 13. The number of nitrogens with zero attached hydrogens (tertiary/aromatic N) is 1. The number of ketones is 1. The van der Waals surface area contributed by atoms with E-state index in [2.05, 4.69) is 84.8 Å². The molecule has 9 nitrogen and oxygen atoms in total. The number of methoxy groups -OCH3 is 1. The molecule has 3 aromatic carbocycles. The molecule has 4 saturated carbocycles. The molecule has 8 aliphatic carbocycles. The van der Waals surface area contributed by atoms with Crippen LogP contribution in [0, 0.1) is 52.8 Å². The number of carbonyl (C=O) groups is 1. The summed E-state index contributed by atoms with van der Waals surface area (Å²) in [5, 5.41) is 39.7. The monoisotopic (exact) mass is 998 g/mol. The Bertz CT molecular complexity index is 2840. The van der Waals surface area contributed by atoms with Crippen molar-refractivity contribution in [1.82, 2.24) is 5.32 Å². The largest absolute Gasteiger partial charge is 0.508 e. The van der Waals surface area contributed by atoms with Crippen LogP contribution in [-0.4, -0.2) is 59.5 Å². The fourth-order valence-electron chi connectivity index (χ4n) is 16.6. The van der Waals surface area contributed by atoms with Crippen LogP contribution >= 0.6 is 0 Å². The molecule has 0 amide bonds. The molecule has 9 heteroatoms. The van der Waals surface area contributed by atoms with Crippen molar-refractivity contribution in [2.75, 3.05) is 20.3 Å². The van der Waals surface area contributed by atoms with E-state index in [-0.39, 0.29) is 94.3 Å². The van der Waals surface area contributed by atoms with E-state index in [0.29, 0.717) is 49.9 Å². The van der Waals surface area contributed by atoms with Crippen molar-refractivity contribution in [3.8, 4) is 29.1 Å². The van der Waals surface area contributed by atoms with Gasteiger partial charge < -0.3 is 35.8 Å². The molecule has 3 aromatic rings. The normalized spacial score (nSPS) is 33.3. The van der Waals surface area contributed by atoms with E-state index in [1.54, 1.807) is 7.11 Å². The van der Waals surface area contributed by atoms with Crippen LogP contribution in [0.3, 0.4) is 0 Å². The molecular formula is C65H79N3O6. The van der Waals surface area contributed by atoms with Gasteiger partial charge in [0, 0.05) is 48.3 Å². The number of aromatic hydroxyl groups is 2. The fourth-order valence-corrected chi connectivity index (χ4v) is 16.6. The van der Waals surface area contributed by atoms with Crippen LogP contribution in [0.2, 0.25) is 0 Å². The lowest BCUT2D eigenvalue weighted by molar-refractivity contribution is -0.116. The molecule has 0 radical (unpaired) electrons. The predicted molar refractivity (Wildman–Crippen MR) is 291 cm³/mol. The summed E-state index contributed by atoms with van der Waals surface area (Å²) in [4.78, 5) is 20.4. The number of phenolic OH excluding ortho intramolecular Hbond substituents is 2. The first-order chi connectivity index (χ1) is 36.0. The van der Waals surface area contributed by atoms with Gasteiger partial charge in [0.15, 0.2) is 23.2 Å². The maximum Gasteiger partial charge on any atom is 0.189 e. The van der Waals surface area contributed by atoms with E-state index in [1.165, 1.54) is 23.1 Å². The number of Topliss-reactive ketones (excluding diaryl/α,β-unsaturated/α-hetero) is 1. The molecular weight excluding hydrogens is 919 g/mol. The minimum absolute atomic E-state index is 0.000756. The Labute approximate surface area is 439 Å². The van der Waals surface area contributed by atoms with Crippen LogP contribution in [0.1, 0.15) is 186 Å². The molecule has 8 bridgehead atoms. The summed E-state index contributed by atoms with van der Waals surface area (Å²) in [6, 6.07) is 17.1. The van der Waals surface area contributed by atoms with Crippen molar-refractivity contribution in [1.29, 1.82) is 0 Å². The highest BCUT2D eigenvalue weighted by molar-refractivity contribution is 5.97. The summed E-state index contributed by atoms with van der Waals surface area (Å²) in [5.74, 6) is 9.38. The molecule has 4 fully saturated rings. The quantitative estimate of drug-likeness (QED) is 0.121. The minimum Gasteiger partial charge on any atom is -0.508 e. The molecule has 1 aliphatic heterocycles. The Morgan fingerprint density at radius 1 is 0.919 bits per heavy atom. The Balaban J connectivity index is 1.06. The van der Waals surface area contributed by atoms with Gasteiger partial charge in [0.2, 0.25) is 0 Å². The van der Waals surface area contributed by atoms with Crippen LogP contribution in [0.5, 0.6) is 17.2 Å². The molecule has 6 N–H and O–H groups in total. The van der Waals surface area contributed by atoms with Gasteiger partial charge in [-0.1, -0.05) is 98.2 Å². The number of nitrogens with two attached hydrogens (primary N) is 1. The zero-order valence-electron chi connectivity index (χ0n) is 43.9. The van der Waals surface area contributed by atoms with Crippen molar-refractivity contribution < 1.29 is 29.6 Å². The van der Waals surface area contributed by atoms with Crippen LogP contribution in [-0.2, 0) is 21.5 Å². The van der Waals surface area contributed by atoms with Gasteiger partial charge >= 0.3 is 0 Å². The SMILES string of the molecule is COCC1C2C=C3C4CC(C)CC3C1c1c(O)c(OC3CCCC3)cc(C3CCC5CC6(CO)C=CCCC6C=C5C(=O)C3)c1C#CCC(C2)N=C(N)NC1(CCCCC1)c1cccc(c1)Cc1cc(O)cc4c1. The van der Waals surface area contributed by atoms with E-state index >= 15 is 0 Å². The molecule has 0 saturated heterocycles. The van der Waals surface area contributed by atoms with Gasteiger partial charge in [0.05, 0.1) is 30.9 Å². The maximum absolute atomic E-state index is 14.9. The number of guanidine groups is 1. The average Bonchev–Trinajstić information content (AvgIpc) is 3.86. The molecule has 390 valence electrons. The summed E-state index contributed by atoms with van der Waals surface area (Å²) < 4.78 is 13.4. The van der Waals surface area contributed by atoms with Crippen LogP contribution < -0.4 is 15.8 Å². The second-order valence-corrected chi connectivity index (χ2v) is 24.7. The van der Waals surface area contributed by atoms with Crippen molar-refractivity contribution in [2.24, 2.45) is 51.6 Å². The zero-order valence-corrected chi connectivity index (χ0v) is 43.9. The molecule has 1 spiro atoms. The van der Waals surface area contributed by atoms with Gasteiger partial charge in [-0.2, -0.15) is 0 Å². The number of allylic oxidation sites excluding steroid dienone is 5. The zero-order chi connectivity index (χ0) is 50.7. The van der Waals surface area contributed by atoms with Crippen molar-refractivity contribution in [3.63, 3.8) is 0 Å². The van der Waals surface area contributed by atoms with Gasteiger partial charge in [-0.15, -0.1) is 0 Å². The lowest BCUT2D eigenvalue weighted by Crippen LogP contribution is -2.50. The van der Waals surface area contributed by atoms with E-state index in [4.69, 9.17) is 20.2 Å². The molecule has 11 unspecified atom stereocenters. The number of aliphatic hydroxyl groups excluding tert-OH is 1. The molecule has 9 aliphatic rings. The lowest BCUT2D eigenvalue weighted by atomic mass is 9.55. The van der Waals surface area contributed by atoms with Crippen molar-refractivity contribution in [3.05, 3.63) is 123 Å². The first-order valence-corrected chi connectivity index (χ1v) is 28.8. The summed E-state index contributed by atoms with van der Waals surface area (Å²) in [5.41, 5.74) is 16.2. The number of benzene rings is 3. The fraction of sp³-hybridized carbons (Fsp3) is 0.569. The average molecular weight is 998 g/mol. The standard InChI is InChI=1S/C65H79N3O6/c1-39-24-52-44-27-41(29-49(70)31-44)26-40-12-10-14-47(28-40)65(22-7-3-8-23-65)68-63(66)67-48-15-11-18-51-53(42-19-20-43-36-64(38-69)21-9-6-13-46(64)34-54(43)58(71)33-42)35-59(74-50-16-4-5-17-50)62(72)61(51)60-56(25-39)55(52)32-45(30-48)57(60)37-73-2/h9-10,12,14,21,27-29,31-32,34-35,39,42-43,45-46,48,50,52,56-57,60,69-70,72H,3-8,13,15-17,19-20,22-26,30,33,36-38H2,1-2H3,(H3,66,67,68). The lowest BCUT2D eigenvalue weighted by Gasteiger charge is -2.50. The molecule has 74 heavy (non-hydrogen) atoms. The highest BCUT2D eigenvalue weighted by atomic mass is 16.5. The van der Waals surface area contributed by atoms with Crippen LogP contribution in [0.4, 0.5) is 0 Å². The Hall–Kier alpha value is -5.30. The van der Waals surface area contributed by atoms with Gasteiger partial charge in [-0.05, 0) is 189 Å². The third-order valence-electron chi connectivity index (χ3n) is 20.0. The third-order valence-corrected chi connectivity index (χ3v) is 20.0. The number of ether oxygens (including phenoxy) is 2. The number of carbonyl (C=O) groups excluding carboxylic acids is 1. The Morgan fingerprint density at radius 3 is 2.58 bits per heavy atom.